The Morgan fingerprint density at radius 1 is 1.12 bits per heavy atom. The minimum Gasteiger partial charge on any atom is -0.384 e. The molecular formula is C13H4BrCl2F6N3S. The number of thioether (sulfide) groups is 1. The second kappa shape index (κ2) is 7.07. The van der Waals surface area contributed by atoms with E-state index in [4.69, 9.17) is 34.2 Å². The highest BCUT2D eigenvalue weighted by atomic mass is 79.9. The molecule has 140 valence electrons. The van der Waals surface area contributed by atoms with E-state index in [1.54, 1.807) is 6.07 Å². The fraction of sp³-hybridized carbons (Fsp3) is 0.154. The van der Waals surface area contributed by atoms with Gasteiger partial charge >= 0.3 is 11.7 Å². The lowest BCUT2D eigenvalue weighted by Gasteiger charge is -2.15. The molecule has 3 nitrogen and oxygen atoms in total. The van der Waals surface area contributed by atoms with E-state index < -0.39 is 55.3 Å². The normalized spacial score (nSPS) is 12.3. The molecule has 1 aromatic carbocycles. The maximum Gasteiger partial charge on any atom is 0.446 e. The number of halogens is 9. The zero-order valence-corrected chi connectivity index (χ0v) is 15.9. The largest absolute Gasteiger partial charge is 0.446 e. The number of nitriles is 1. The number of nitrogens with two attached hydrogens (primary N) is 1. The van der Waals surface area contributed by atoms with Gasteiger partial charge < -0.3 is 5.73 Å². The van der Waals surface area contributed by atoms with Crippen LogP contribution in [0.1, 0.15) is 11.1 Å². The number of benzene rings is 1. The van der Waals surface area contributed by atoms with Crippen LogP contribution in [-0.4, -0.2) is 10.1 Å². The van der Waals surface area contributed by atoms with Gasteiger partial charge in [0, 0.05) is 0 Å². The number of rotatable bonds is 2. The van der Waals surface area contributed by atoms with Gasteiger partial charge in [-0.15, -0.1) is 0 Å². The number of aromatic nitrogens is 1. The fourth-order valence-corrected chi connectivity index (χ4v) is 4.13. The van der Waals surface area contributed by atoms with Gasteiger partial charge in [-0.05, 0) is 39.8 Å². The molecule has 0 aliphatic carbocycles. The maximum atomic E-state index is 12.8. The summed E-state index contributed by atoms with van der Waals surface area (Å²) in [5, 5.41) is 8.10. The van der Waals surface area contributed by atoms with Crippen molar-refractivity contribution in [2.45, 2.75) is 16.6 Å². The van der Waals surface area contributed by atoms with Crippen LogP contribution < -0.4 is 5.73 Å². The average Bonchev–Trinajstić information content (AvgIpc) is 2.68. The number of alkyl halides is 6. The molecule has 0 aliphatic rings. The van der Waals surface area contributed by atoms with Crippen molar-refractivity contribution >= 4 is 56.7 Å². The summed E-state index contributed by atoms with van der Waals surface area (Å²) < 4.78 is 77.2. The first-order valence-electron chi connectivity index (χ1n) is 6.20. The Balaban J connectivity index is 2.77. The Morgan fingerprint density at radius 3 is 2.00 bits per heavy atom. The Morgan fingerprint density at radius 2 is 1.62 bits per heavy atom. The predicted octanol–water partition coefficient (Wildman–Crippen LogP) is 6.63. The molecule has 1 aromatic heterocycles. The van der Waals surface area contributed by atoms with Crippen LogP contribution in [0.15, 0.2) is 21.6 Å². The van der Waals surface area contributed by atoms with Gasteiger partial charge in [0.1, 0.15) is 22.1 Å². The monoisotopic (exact) mass is 497 g/mol. The zero-order chi connectivity index (χ0) is 20.0. The first-order chi connectivity index (χ1) is 11.8. The minimum atomic E-state index is -4.75. The van der Waals surface area contributed by atoms with Gasteiger partial charge in [-0.3, -0.25) is 4.57 Å². The second-order valence-electron chi connectivity index (χ2n) is 4.66. The summed E-state index contributed by atoms with van der Waals surface area (Å²) in [6.07, 6.45) is -4.74. The molecule has 0 amide bonds. The third-order valence-electron chi connectivity index (χ3n) is 3.00. The van der Waals surface area contributed by atoms with Crippen LogP contribution in [0.2, 0.25) is 10.0 Å². The van der Waals surface area contributed by atoms with Crippen LogP contribution in [0.3, 0.4) is 0 Å². The zero-order valence-electron chi connectivity index (χ0n) is 11.9. The molecule has 0 aliphatic heterocycles. The summed E-state index contributed by atoms with van der Waals surface area (Å²) in [7, 11) is 0. The van der Waals surface area contributed by atoms with E-state index in [0.29, 0.717) is 12.1 Å². The van der Waals surface area contributed by atoms with Crippen molar-refractivity contribution in [2.24, 2.45) is 0 Å². The SMILES string of the molecule is N#Cc1c(SC(F)(F)F)c(N)n(-c2c(Cl)cc(C(F)(F)F)cc2Cl)c1Br. The maximum absolute atomic E-state index is 12.8. The Labute approximate surface area is 164 Å². The summed E-state index contributed by atoms with van der Waals surface area (Å²) in [6.45, 7) is 0. The van der Waals surface area contributed by atoms with Gasteiger partial charge in [0.25, 0.3) is 0 Å². The van der Waals surface area contributed by atoms with Gasteiger partial charge in [-0.2, -0.15) is 31.6 Å². The molecular weight excluding hydrogens is 495 g/mol. The van der Waals surface area contributed by atoms with Crippen molar-refractivity contribution in [3.8, 4) is 11.8 Å². The fourth-order valence-electron chi connectivity index (χ4n) is 2.02. The number of nitrogen functional groups attached to an aromatic ring is 1. The van der Waals surface area contributed by atoms with Gasteiger partial charge in [-0.1, -0.05) is 23.2 Å². The van der Waals surface area contributed by atoms with E-state index in [1.807, 2.05) is 0 Å². The summed E-state index contributed by atoms with van der Waals surface area (Å²) in [5.74, 6) is -0.556. The van der Waals surface area contributed by atoms with Crippen LogP contribution in [0.5, 0.6) is 0 Å². The lowest BCUT2D eigenvalue weighted by molar-refractivity contribution is -0.137. The van der Waals surface area contributed by atoms with E-state index in [-0.39, 0.29) is 10.3 Å². The summed E-state index contributed by atoms with van der Waals surface area (Å²) >= 11 is 14.0. The van der Waals surface area contributed by atoms with E-state index in [2.05, 4.69) is 15.9 Å². The Kier molecular flexibility index (Phi) is 5.73. The molecule has 0 saturated heterocycles. The lowest BCUT2D eigenvalue weighted by Crippen LogP contribution is -2.08. The quantitative estimate of drug-likeness (QED) is 0.373. The Hall–Kier alpha value is -1.22. The highest BCUT2D eigenvalue weighted by Gasteiger charge is 2.36. The van der Waals surface area contributed by atoms with Crippen molar-refractivity contribution in [1.82, 2.24) is 4.57 Å². The molecule has 0 bridgehead atoms. The van der Waals surface area contributed by atoms with E-state index in [1.165, 1.54) is 0 Å². The van der Waals surface area contributed by atoms with Crippen LogP contribution in [0.4, 0.5) is 32.2 Å². The predicted molar refractivity (Wildman–Crippen MR) is 89.5 cm³/mol. The molecule has 1 heterocycles. The van der Waals surface area contributed by atoms with Gasteiger partial charge in [-0.25, -0.2) is 0 Å². The van der Waals surface area contributed by atoms with Crippen molar-refractivity contribution < 1.29 is 26.3 Å². The van der Waals surface area contributed by atoms with E-state index in [9.17, 15) is 26.3 Å². The molecule has 2 N–H and O–H groups in total. The second-order valence-corrected chi connectivity index (χ2v) is 7.30. The molecule has 2 rings (SSSR count). The Bertz CT molecular complexity index is 894. The van der Waals surface area contributed by atoms with Gasteiger partial charge in [0.05, 0.1) is 26.2 Å². The van der Waals surface area contributed by atoms with Crippen molar-refractivity contribution in [1.29, 1.82) is 5.26 Å². The van der Waals surface area contributed by atoms with Crippen molar-refractivity contribution in [2.75, 3.05) is 5.73 Å². The van der Waals surface area contributed by atoms with Crippen LogP contribution >= 0.6 is 50.9 Å². The standard InChI is InChI=1S/C13H4BrCl2F6N3S/c14-10-5(3-23)9(26-13(20,21)22)11(24)25(10)8-6(15)1-4(2-7(8)16)12(17,18)19/h1-2H,24H2. The summed E-state index contributed by atoms with van der Waals surface area (Å²) in [4.78, 5) is -0.626. The van der Waals surface area contributed by atoms with Crippen molar-refractivity contribution in [3.05, 3.63) is 37.9 Å². The topological polar surface area (TPSA) is 54.7 Å². The number of hydrogen-bond donors (Lipinski definition) is 1. The van der Waals surface area contributed by atoms with Crippen LogP contribution in [0, 0.1) is 11.3 Å². The molecule has 0 radical (unpaired) electrons. The molecule has 13 heteroatoms. The molecule has 0 unspecified atom stereocenters. The average molecular weight is 499 g/mol. The first-order valence-corrected chi connectivity index (χ1v) is 8.56. The molecule has 0 saturated carbocycles. The van der Waals surface area contributed by atoms with Crippen LogP contribution in [0.25, 0.3) is 5.69 Å². The smallest absolute Gasteiger partial charge is 0.384 e. The number of hydrogen-bond acceptors (Lipinski definition) is 3. The van der Waals surface area contributed by atoms with E-state index >= 15 is 0 Å². The summed E-state index contributed by atoms with van der Waals surface area (Å²) in [6, 6.07) is 2.66. The molecule has 2 aromatic rings. The molecule has 0 fully saturated rings. The third kappa shape index (κ3) is 4.03. The van der Waals surface area contributed by atoms with E-state index in [0.717, 1.165) is 4.57 Å². The number of anilines is 1. The molecule has 0 spiro atoms. The van der Waals surface area contributed by atoms with Crippen LogP contribution in [-0.2, 0) is 6.18 Å². The van der Waals surface area contributed by atoms with Gasteiger partial charge in [0.15, 0.2) is 0 Å². The summed E-state index contributed by atoms with van der Waals surface area (Å²) in [5.41, 5.74) is -0.954. The molecule has 0 atom stereocenters. The highest BCUT2D eigenvalue weighted by molar-refractivity contribution is 9.10. The van der Waals surface area contributed by atoms with Crippen molar-refractivity contribution in [3.63, 3.8) is 0 Å². The molecule has 26 heavy (non-hydrogen) atoms. The third-order valence-corrected chi connectivity index (χ3v) is 5.18. The first kappa shape index (κ1) is 21.1. The highest BCUT2D eigenvalue weighted by Crippen LogP contribution is 2.48. The minimum absolute atomic E-state index is 0.229. The lowest BCUT2D eigenvalue weighted by atomic mass is 10.2. The number of nitrogens with zero attached hydrogens (tertiary/aromatic N) is 2. The van der Waals surface area contributed by atoms with Gasteiger partial charge in [0.2, 0.25) is 0 Å².